The van der Waals surface area contributed by atoms with E-state index in [-0.39, 0.29) is 24.3 Å². The molecule has 0 radical (unpaired) electrons. The summed E-state index contributed by atoms with van der Waals surface area (Å²) in [4.78, 5) is 37.1. The normalized spacial score (nSPS) is 17.0. The van der Waals surface area contributed by atoms with Gasteiger partial charge in [-0.25, -0.2) is 4.79 Å². The number of hydrogen-bond donors (Lipinski definition) is 3. The van der Waals surface area contributed by atoms with E-state index in [9.17, 15) is 19.5 Å². The van der Waals surface area contributed by atoms with Crippen LogP contribution in [0.2, 0.25) is 0 Å². The van der Waals surface area contributed by atoms with Crippen LogP contribution in [0.15, 0.2) is 72.8 Å². The highest BCUT2D eigenvalue weighted by Crippen LogP contribution is 2.45. The summed E-state index contributed by atoms with van der Waals surface area (Å²) in [6.07, 6.45) is -0.683. The van der Waals surface area contributed by atoms with Gasteiger partial charge in [-0.1, -0.05) is 60.7 Å². The minimum Gasteiger partial charge on any atom is -0.465 e. The van der Waals surface area contributed by atoms with Crippen LogP contribution in [-0.4, -0.2) is 42.1 Å². The quantitative estimate of drug-likeness (QED) is 0.567. The van der Waals surface area contributed by atoms with Gasteiger partial charge >= 0.3 is 6.09 Å². The van der Waals surface area contributed by atoms with Crippen LogP contribution in [0.4, 0.5) is 10.5 Å². The molecule has 1 aliphatic carbocycles. The molecule has 166 valence electrons. The van der Waals surface area contributed by atoms with Crippen molar-refractivity contribution in [3.63, 3.8) is 0 Å². The van der Waals surface area contributed by atoms with Crippen LogP contribution in [0.25, 0.3) is 11.1 Å². The van der Waals surface area contributed by atoms with Crippen molar-refractivity contribution < 1.29 is 19.5 Å². The Bertz CT molecular complexity index is 1190. The molecule has 1 heterocycles. The molecule has 7 nitrogen and oxygen atoms in total. The zero-order valence-corrected chi connectivity index (χ0v) is 17.8. The first-order valence-electron chi connectivity index (χ1n) is 10.9. The van der Waals surface area contributed by atoms with E-state index in [0.29, 0.717) is 18.7 Å². The van der Waals surface area contributed by atoms with Crippen molar-refractivity contribution in [3.05, 3.63) is 89.5 Å². The summed E-state index contributed by atoms with van der Waals surface area (Å²) in [5.41, 5.74) is 5.94. The Morgan fingerprint density at radius 2 is 1.52 bits per heavy atom. The van der Waals surface area contributed by atoms with Crippen molar-refractivity contribution in [2.45, 2.75) is 18.4 Å². The molecule has 3 aromatic carbocycles. The van der Waals surface area contributed by atoms with Crippen molar-refractivity contribution in [2.24, 2.45) is 0 Å². The molecule has 1 saturated heterocycles. The number of piperazine rings is 1. The van der Waals surface area contributed by atoms with Crippen LogP contribution >= 0.6 is 0 Å². The van der Waals surface area contributed by atoms with Crippen LogP contribution in [-0.2, 0) is 16.0 Å². The molecule has 5 rings (SSSR count). The zero-order chi connectivity index (χ0) is 22.9. The van der Waals surface area contributed by atoms with Crippen molar-refractivity contribution in [1.29, 1.82) is 0 Å². The fourth-order valence-electron chi connectivity index (χ4n) is 4.73. The van der Waals surface area contributed by atoms with E-state index < -0.39 is 12.1 Å². The van der Waals surface area contributed by atoms with Crippen molar-refractivity contribution in [2.75, 3.05) is 18.0 Å². The van der Waals surface area contributed by atoms with Gasteiger partial charge in [-0.3, -0.25) is 14.5 Å². The number of carbonyl (C=O) groups is 3. The van der Waals surface area contributed by atoms with Gasteiger partial charge in [0, 0.05) is 24.6 Å². The third-order valence-electron chi connectivity index (χ3n) is 6.32. The Morgan fingerprint density at radius 3 is 2.12 bits per heavy atom. The molecular formula is C26H23N3O4. The predicted octanol–water partition coefficient (Wildman–Crippen LogP) is 3.14. The fourth-order valence-corrected chi connectivity index (χ4v) is 4.73. The highest BCUT2D eigenvalue weighted by atomic mass is 16.4. The maximum absolute atomic E-state index is 12.2. The minimum absolute atomic E-state index is 0.00470. The lowest BCUT2D eigenvalue weighted by atomic mass is 9.96. The zero-order valence-electron chi connectivity index (χ0n) is 17.8. The number of carbonyl (C=O) groups excluding carboxylic acids is 2. The highest BCUT2D eigenvalue weighted by molar-refractivity contribution is 5.95. The predicted molar refractivity (Wildman–Crippen MR) is 124 cm³/mol. The fraction of sp³-hybridized carbons (Fsp3) is 0.192. The standard InChI is InChI=1S/C26H23N3O4/c30-24-14-27-25(31)23(28-24)13-16-9-11-17(12-10-16)29(26(32)33)15-22-20-7-3-1-5-18(20)19-6-2-4-8-21(19)22/h1-12,22-23H,13-15H2,(H,27,31)(H,28,30)(H,32,33). The molecule has 0 saturated carbocycles. The second-order valence-corrected chi connectivity index (χ2v) is 8.33. The van der Waals surface area contributed by atoms with E-state index in [1.54, 1.807) is 24.3 Å². The Labute approximate surface area is 191 Å². The number of hydrogen-bond acceptors (Lipinski definition) is 3. The molecular weight excluding hydrogens is 418 g/mol. The number of nitrogens with one attached hydrogen (secondary N) is 2. The summed E-state index contributed by atoms with van der Waals surface area (Å²) in [7, 11) is 0. The molecule has 3 amide bonds. The first-order chi connectivity index (χ1) is 16.0. The second-order valence-electron chi connectivity index (χ2n) is 8.33. The third kappa shape index (κ3) is 3.93. The van der Waals surface area contributed by atoms with Gasteiger partial charge in [0.1, 0.15) is 6.04 Å². The van der Waals surface area contributed by atoms with Crippen LogP contribution < -0.4 is 15.5 Å². The van der Waals surface area contributed by atoms with Crippen molar-refractivity contribution in [1.82, 2.24) is 10.6 Å². The topological polar surface area (TPSA) is 98.7 Å². The highest BCUT2D eigenvalue weighted by Gasteiger charge is 2.31. The van der Waals surface area contributed by atoms with Gasteiger partial charge in [0.15, 0.2) is 0 Å². The molecule has 33 heavy (non-hydrogen) atoms. The summed E-state index contributed by atoms with van der Waals surface area (Å²) >= 11 is 0. The lowest BCUT2D eigenvalue weighted by molar-refractivity contribution is -0.133. The smallest absolute Gasteiger partial charge is 0.411 e. The first-order valence-corrected chi connectivity index (χ1v) is 10.9. The summed E-state index contributed by atoms with van der Waals surface area (Å²) in [6.45, 7) is 0.291. The SMILES string of the molecule is O=C1CNC(=O)C(Cc2ccc(N(CC3c4ccccc4-c4ccccc43)C(=O)O)cc2)N1. The van der Waals surface area contributed by atoms with E-state index in [1.807, 2.05) is 24.3 Å². The van der Waals surface area contributed by atoms with Gasteiger partial charge in [-0.15, -0.1) is 0 Å². The molecule has 3 N–H and O–H groups in total. The molecule has 0 spiro atoms. The molecule has 1 atom stereocenters. The van der Waals surface area contributed by atoms with Gasteiger partial charge in [-0.05, 0) is 39.9 Å². The van der Waals surface area contributed by atoms with E-state index >= 15 is 0 Å². The molecule has 1 fully saturated rings. The lowest BCUT2D eigenvalue weighted by Crippen LogP contribution is -2.56. The monoisotopic (exact) mass is 441 g/mol. The van der Waals surface area contributed by atoms with Gasteiger partial charge in [-0.2, -0.15) is 0 Å². The summed E-state index contributed by atoms with van der Waals surface area (Å²) in [5, 5.41) is 15.3. The maximum atomic E-state index is 12.2. The lowest BCUT2D eigenvalue weighted by Gasteiger charge is -2.25. The Balaban J connectivity index is 1.38. The number of carboxylic acid groups (broad SMARTS) is 1. The van der Waals surface area contributed by atoms with E-state index in [1.165, 1.54) is 4.90 Å². The number of nitrogens with zero attached hydrogens (tertiary/aromatic N) is 1. The first kappa shape index (κ1) is 20.8. The number of anilines is 1. The second kappa shape index (κ2) is 8.43. The third-order valence-corrected chi connectivity index (χ3v) is 6.32. The van der Waals surface area contributed by atoms with Crippen molar-refractivity contribution in [3.8, 4) is 11.1 Å². The molecule has 0 bridgehead atoms. The van der Waals surface area contributed by atoms with E-state index in [2.05, 4.69) is 34.9 Å². The number of amides is 3. The van der Waals surface area contributed by atoms with Gasteiger partial charge in [0.05, 0.1) is 6.54 Å². The van der Waals surface area contributed by atoms with E-state index in [4.69, 9.17) is 0 Å². The van der Waals surface area contributed by atoms with Gasteiger partial charge < -0.3 is 15.7 Å². The molecule has 7 heteroatoms. The molecule has 3 aromatic rings. The Morgan fingerprint density at radius 1 is 0.909 bits per heavy atom. The average Bonchev–Trinajstić information content (AvgIpc) is 3.14. The van der Waals surface area contributed by atoms with Gasteiger partial charge in [0.25, 0.3) is 0 Å². The molecule has 0 aromatic heterocycles. The minimum atomic E-state index is -1.02. The van der Waals surface area contributed by atoms with Crippen LogP contribution in [0, 0.1) is 0 Å². The number of rotatable bonds is 5. The summed E-state index contributed by atoms with van der Waals surface area (Å²) < 4.78 is 0. The Kier molecular flexibility index (Phi) is 5.30. The Hall–Kier alpha value is -4.13. The molecule has 1 unspecified atom stereocenters. The average molecular weight is 441 g/mol. The van der Waals surface area contributed by atoms with Crippen LogP contribution in [0.3, 0.4) is 0 Å². The van der Waals surface area contributed by atoms with E-state index in [0.717, 1.165) is 27.8 Å². The summed E-state index contributed by atoms with van der Waals surface area (Å²) in [6, 6.07) is 22.7. The van der Waals surface area contributed by atoms with Gasteiger partial charge in [0.2, 0.25) is 11.8 Å². The van der Waals surface area contributed by atoms with Crippen molar-refractivity contribution >= 4 is 23.6 Å². The van der Waals surface area contributed by atoms with Crippen LogP contribution in [0.1, 0.15) is 22.6 Å². The van der Waals surface area contributed by atoms with Crippen LogP contribution in [0.5, 0.6) is 0 Å². The molecule has 2 aliphatic rings. The maximum Gasteiger partial charge on any atom is 0.411 e. The number of fused-ring (bicyclic) bond motifs is 3. The number of benzene rings is 3. The largest absolute Gasteiger partial charge is 0.465 e. The molecule has 1 aliphatic heterocycles. The summed E-state index contributed by atoms with van der Waals surface area (Å²) in [5.74, 6) is -0.496.